The first-order chi connectivity index (χ1) is 12.9. The lowest BCUT2D eigenvalue weighted by molar-refractivity contribution is -0.133. The first-order valence-electron chi connectivity index (χ1n) is 10.9. The number of nitrogens with one attached hydrogen (secondary N) is 2. The van der Waals surface area contributed by atoms with E-state index < -0.39 is 11.6 Å². The van der Waals surface area contributed by atoms with E-state index in [1.165, 1.54) is 32.1 Å². The summed E-state index contributed by atoms with van der Waals surface area (Å²) in [5.74, 6) is 0.167. The summed E-state index contributed by atoms with van der Waals surface area (Å²) in [7, 11) is 0. The summed E-state index contributed by atoms with van der Waals surface area (Å²) in [6.07, 6.45) is 12.9. The lowest BCUT2D eigenvalue weighted by Crippen LogP contribution is -2.52. The molecule has 3 saturated carbocycles. The van der Waals surface area contributed by atoms with E-state index in [9.17, 15) is 14.9 Å². The van der Waals surface area contributed by atoms with Gasteiger partial charge in [0.2, 0.25) is 11.8 Å². The van der Waals surface area contributed by atoms with Gasteiger partial charge in [-0.2, -0.15) is 5.26 Å². The predicted octanol–water partition coefficient (Wildman–Crippen LogP) is 3.83. The van der Waals surface area contributed by atoms with Crippen LogP contribution in [0.2, 0.25) is 0 Å². The SMILES string of the molecule is CC(C)CC(NC(=O)C1CCC2(CCCCC2)CC1)C(=O)NC1(C#N)CC1. The lowest BCUT2D eigenvalue weighted by Gasteiger charge is -2.42. The van der Waals surface area contributed by atoms with E-state index in [0.29, 0.717) is 30.6 Å². The highest BCUT2D eigenvalue weighted by Gasteiger charge is 2.46. The number of carbonyl (C=O) groups excluding carboxylic acids is 2. The van der Waals surface area contributed by atoms with Gasteiger partial charge in [-0.1, -0.05) is 33.1 Å². The number of nitrogens with zero attached hydrogens (tertiary/aromatic N) is 1. The standard InChI is InChI=1S/C22H35N3O2/c1-16(2)14-18(20(27)25-22(15-23)12-13-22)24-19(26)17-6-10-21(11-7-17)8-4-3-5-9-21/h16-18H,3-14H2,1-2H3,(H,24,26)(H,25,27). The van der Waals surface area contributed by atoms with Crippen molar-refractivity contribution in [1.82, 2.24) is 10.6 Å². The van der Waals surface area contributed by atoms with Crippen LogP contribution in [-0.2, 0) is 9.59 Å². The highest BCUT2D eigenvalue weighted by Crippen LogP contribution is 2.48. The molecule has 0 aromatic heterocycles. The summed E-state index contributed by atoms with van der Waals surface area (Å²) in [6.45, 7) is 4.11. The molecule has 2 amide bonds. The Balaban J connectivity index is 1.54. The maximum Gasteiger partial charge on any atom is 0.243 e. The number of carbonyl (C=O) groups is 2. The maximum atomic E-state index is 12.9. The van der Waals surface area contributed by atoms with Crippen LogP contribution < -0.4 is 10.6 Å². The van der Waals surface area contributed by atoms with Gasteiger partial charge >= 0.3 is 0 Å². The van der Waals surface area contributed by atoms with Crippen LogP contribution >= 0.6 is 0 Å². The van der Waals surface area contributed by atoms with Crippen molar-refractivity contribution >= 4 is 11.8 Å². The minimum absolute atomic E-state index is 0.0308. The monoisotopic (exact) mass is 373 g/mol. The van der Waals surface area contributed by atoms with Crippen molar-refractivity contribution in [3.8, 4) is 6.07 Å². The van der Waals surface area contributed by atoms with Crippen molar-refractivity contribution in [2.75, 3.05) is 0 Å². The van der Waals surface area contributed by atoms with E-state index in [1.54, 1.807) is 0 Å². The summed E-state index contributed by atoms with van der Waals surface area (Å²) >= 11 is 0. The van der Waals surface area contributed by atoms with Gasteiger partial charge in [0.1, 0.15) is 11.6 Å². The first-order valence-corrected chi connectivity index (χ1v) is 10.9. The Bertz CT molecular complexity index is 587. The van der Waals surface area contributed by atoms with Gasteiger partial charge in [-0.15, -0.1) is 0 Å². The molecule has 0 saturated heterocycles. The Morgan fingerprint density at radius 2 is 1.67 bits per heavy atom. The molecule has 3 aliphatic carbocycles. The number of amides is 2. The van der Waals surface area contributed by atoms with Gasteiger partial charge in [0.25, 0.3) is 0 Å². The van der Waals surface area contributed by atoms with Crippen LogP contribution in [0.5, 0.6) is 0 Å². The van der Waals surface area contributed by atoms with Crippen molar-refractivity contribution < 1.29 is 9.59 Å². The summed E-state index contributed by atoms with van der Waals surface area (Å²) in [6, 6.07) is 1.66. The number of nitriles is 1. The molecule has 1 spiro atoms. The zero-order valence-electron chi connectivity index (χ0n) is 17.0. The maximum absolute atomic E-state index is 12.9. The lowest BCUT2D eigenvalue weighted by atomic mass is 9.63. The molecule has 5 heteroatoms. The van der Waals surface area contributed by atoms with Gasteiger partial charge in [0.15, 0.2) is 0 Å². The molecule has 150 valence electrons. The first kappa shape index (κ1) is 20.2. The predicted molar refractivity (Wildman–Crippen MR) is 105 cm³/mol. The van der Waals surface area contributed by atoms with Crippen LogP contribution in [-0.4, -0.2) is 23.4 Å². The largest absolute Gasteiger partial charge is 0.344 e. The fraction of sp³-hybridized carbons (Fsp3) is 0.864. The average molecular weight is 374 g/mol. The minimum atomic E-state index is -0.685. The van der Waals surface area contributed by atoms with Crippen LogP contribution in [0.3, 0.4) is 0 Å². The molecule has 5 nitrogen and oxygen atoms in total. The van der Waals surface area contributed by atoms with Gasteiger partial charge in [0.05, 0.1) is 6.07 Å². The summed E-state index contributed by atoms with van der Waals surface area (Å²) in [5, 5.41) is 15.1. The molecule has 1 unspecified atom stereocenters. The third kappa shape index (κ3) is 5.03. The van der Waals surface area contributed by atoms with Crippen LogP contribution in [0.4, 0.5) is 0 Å². The third-order valence-corrected chi connectivity index (χ3v) is 7.00. The molecule has 0 heterocycles. The molecule has 0 bridgehead atoms. The van der Waals surface area contributed by atoms with Gasteiger partial charge < -0.3 is 10.6 Å². The molecule has 0 aliphatic heterocycles. The second kappa shape index (κ2) is 8.20. The molecule has 0 aromatic carbocycles. The molecule has 2 N–H and O–H groups in total. The van der Waals surface area contributed by atoms with Gasteiger partial charge in [-0.05, 0) is 69.1 Å². The molecular weight excluding hydrogens is 338 g/mol. The summed E-state index contributed by atoms with van der Waals surface area (Å²) < 4.78 is 0. The molecule has 0 aromatic rings. The minimum Gasteiger partial charge on any atom is -0.344 e. The molecule has 3 fully saturated rings. The Labute approximate surface area is 163 Å². The summed E-state index contributed by atoms with van der Waals surface area (Å²) in [4.78, 5) is 25.5. The average Bonchev–Trinajstić information content (AvgIpc) is 3.42. The second-order valence-corrected chi connectivity index (χ2v) is 9.71. The number of hydrogen-bond donors (Lipinski definition) is 2. The van der Waals surface area contributed by atoms with Gasteiger partial charge in [-0.3, -0.25) is 9.59 Å². The fourth-order valence-electron chi connectivity index (χ4n) is 5.00. The normalized spacial score (nSPS) is 24.8. The molecule has 3 aliphatic rings. The number of hydrogen-bond acceptors (Lipinski definition) is 3. The Kier molecular flexibility index (Phi) is 6.13. The third-order valence-electron chi connectivity index (χ3n) is 7.00. The Morgan fingerprint density at radius 3 is 2.19 bits per heavy atom. The van der Waals surface area contributed by atoms with Gasteiger partial charge in [-0.25, -0.2) is 0 Å². The van der Waals surface area contributed by atoms with E-state index in [-0.39, 0.29) is 17.7 Å². The quantitative estimate of drug-likeness (QED) is 0.742. The smallest absolute Gasteiger partial charge is 0.243 e. The van der Waals surface area contributed by atoms with E-state index in [1.807, 2.05) is 0 Å². The summed E-state index contributed by atoms with van der Waals surface area (Å²) in [5.41, 5.74) is -0.190. The molecule has 27 heavy (non-hydrogen) atoms. The van der Waals surface area contributed by atoms with Crippen molar-refractivity contribution in [3.63, 3.8) is 0 Å². The van der Waals surface area contributed by atoms with Crippen molar-refractivity contribution in [2.24, 2.45) is 17.3 Å². The van der Waals surface area contributed by atoms with E-state index in [2.05, 4.69) is 30.6 Å². The Morgan fingerprint density at radius 1 is 1.04 bits per heavy atom. The van der Waals surface area contributed by atoms with E-state index >= 15 is 0 Å². The number of rotatable bonds is 6. The zero-order valence-corrected chi connectivity index (χ0v) is 17.0. The van der Waals surface area contributed by atoms with Crippen LogP contribution in [0.25, 0.3) is 0 Å². The fourth-order valence-corrected chi connectivity index (χ4v) is 5.00. The van der Waals surface area contributed by atoms with Crippen LogP contribution in [0.1, 0.15) is 90.9 Å². The highest BCUT2D eigenvalue weighted by atomic mass is 16.2. The molecular formula is C22H35N3O2. The van der Waals surface area contributed by atoms with Gasteiger partial charge in [0, 0.05) is 5.92 Å². The topological polar surface area (TPSA) is 82.0 Å². The highest BCUT2D eigenvalue weighted by molar-refractivity contribution is 5.89. The Hall–Kier alpha value is -1.57. The molecule has 1 atom stereocenters. The van der Waals surface area contributed by atoms with E-state index in [4.69, 9.17) is 0 Å². The van der Waals surface area contributed by atoms with Crippen molar-refractivity contribution in [1.29, 1.82) is 5.26 Å². The van der Waals surface area contributed by atoms with Crippen LogP contribution in [0, 0.1) is 28.6 Å². The zero-order chi connectivity index (χ0) is 19.5. The van der Waals surface area contributed by atoms with E-state index in [0.717, 1.165) is 25.7 Å². The molecule has 3 rings (SSSR count). The van der Waals surface area contributed by atoms with Crippen molar-refractivity contribution in [2.45, 2.75) is 102 Å². The van der Waals surface area contributed by atoms with Crippen LogP contribution in [0.15, 0.2) is 0 Å². The van der Waals surface area contributed by atoms with Crippen molar-refractivity contribution in [3.05, 3.63) is 0 Å². The second-order valence-electron chi connectivity index (χ2n) is 9.71. The molecule has 0 radical (unpaired) electrons.